The predicted molar refractivity (Wildman–Crippen MR) is 90.5 cm³/mol. The molecule has 0 radical (unpaired) electrons. The number of nitrogens with zero attached hydrogens (tertiary/aromatic N) is 1. The summed E-state index contributed by atoms with van der Waals surface area (Å²) in [4.78, 5) is 26.0. The highest BCUT2D eigenvalue weighted by atomic mass is 16.5. The summed E-state index contributed by atoms with van der Waals surface area (Å²) >= 11 is 0. The van der Waals surface area contributed by atoms with Gasteiger partial charge < -0.3 is 19.7 Å². The number of ether oxygens (including phenoxy) is 2. The molecule has 0 fully saturated rings. The first-order chi connectivity index (χ1) is 11.6. The first-order valence-electron chi connectivity index (χ1n) is 7.58. The highest BCUT2D eigenvalue weighted by Gasteiger charge is 2.32. The molecule has 2 amide bonds. The van der Waals surface area contributed by atoms with Gasteiger partial charge in [-0.25, -0.2) is 0 Å². The van der Waals surface area contributed by atoms with Crippen molar-refractivity contribution in [2.45, 2.75) is 13.0 Å². The third-order valence-electron chi connectivity index (χ3n) is 3.81. The molecule has 1 unspecified atom stereocenters. The molecule has 1 atom stereocenters. The minimum absolute atomic E-state index is 0.138. The van der Waals surface area contributed by atoms with E-state index < -0.39 is 6.10 Å². The van der Waals surface area contributed by atoms with Crippen LogP contribution >= 0.6 is 0 Å². The molecular formula is C18H18N2O4. The fraction of sp³-hybridized carbons (Fsp3) is 0.222. The van der Waals surface area contributed by atoms with Crippen LogP contribution in [0.3, 0.4) is 0 Å². The van der Waals surface area contributed by atoms with Crippen LogP contribution in [0.4, 0.5) is 11.4 Å². The van der Waals surface area contributed by atoms with E-state index in [9.17, 15) is 9.59 Å². The van der Waals surface area contributed by atoms with E-state index in [4.69, 9.17) is 9.47 Å². The number of carbonyl (C=O) groups excluding carboxylic acids is 2. The van der Waals surface area contributed by atoms with E-state index >= 15 is 0 Å². The van der Waals surface area contributed by atoms with Gasteiger partial charge in [0.15, 0.2) is 6.10 Å². The van der Waals surface area contributed by atoms with E-state index in [0.29, 0.717) is 22.9 Å². The Labute approximate surface area is 140 Å². The molecule has 6 nitrogen and oxygen atoms in total. The molecule has 0 saturated heterocycles. The van der Waals surface area contributed by atoms with Gasteiger partial charge in [0.25, 0.3) is 5.91 Å². The zero-order valence-electron chi connectivity index (χ0n) is 13.5. The lowest BCUT2D eigenvalue weighted by Crippen LogP contribution is -2.48. The Balaban J connectivity index is 1.83. The monoisotopic (exact) mass is 326 g/mol. The third-order valence-corrected chi connectivity index (χ3v) is 3.81. The van der Waals surface area contributed by atoms with Gasteiger partial charge in [0.05, 0.1) is 25.0 Å². The van der Waals surface area contributed by atoms with Crippen molar-refractivity contribution in [1.82, 2.24) is 0 Å². The molecule has 2 aromatic carbocycles. The highest BCUT2D eigenvalue weighted by molar-refractivity contribution is 6.00. The van der Waals surface area contributed by atoms with E-state index in [1.165, 1.54) is 14.0 Å². The van der Waals surface area contributed by atoms with Crippen molar-refractivity contribution in [2.24, 2.45) is 0 Å². The SMILES string of the molecule is COc1ccccc1NC(=O)C1CN(C(C)=O)c2ccccc2O1. The number of nitrogens with one attached hydrogen (secondary N) is 1. The molecule has 0 bridgehead atoms. The summed E-state index contributed by atoms with van der Waals surface area (Å²) in [5, 5.41) is 2.79. The predicted octanol–water partition coefficient (Wildman–Crippen LogP) is 2.45. The van der Waals surface area contributed by atoms with Gasteiger partial charge in [0.2, 0.25) is 5.91 Å². The molecule has 124 valence electrons. The van der Waals surface area contributed by atoms with Crippen LogP contribution < -0.4 is 19.7 Å². The van der Waals surface area contributed by atoms with Crippen LogP contribution in [0.15, 0.2) is 48.5 Å². The van der Waals surface area contributed by atoms with E-state index in [1.807, 2.05) is 12.1 Å². The third kappa shape index (κ3) is 3.03. The highest BCUT2D eigenvalue weighted by Crippen LogP contribution is 2.33. The van der Waals surface area contributed by atoms with Crippen molar-refractivity contribution >= 4 is 23.2 Å². The Bertz CT molecular complexity index is 775. The summed E-state index contributed by atoms with van der Waals surface area (Å²) in [6.45, 7) is 1.63. The maximum atomic E-state index is 12.6. The molecule has 6 heteroatoms. The lowest BCUT2D eigenvalue weighted by atomic mass is 10.1. The quantitative estimate of drug-likeness (QED) is 0.941. The Morgan fingerprint density at radius 1 is 1.17 bits per heavy atom. The topological polar surface area (TPSA) is 67.9 Å². The summed E-state index contributed by atoms with van der Waals surface area (Å²) in [6, 6.07) is 14.3. The molecular weight excluding hydrogens is 308 g/mol. The number of hydrogen-bond acceptors (Lipinski definition) is 4. The van der Waals surface area contributed by atoms with Crippen molar-refractivity contribution in [2.75, 3.05) is 23.9 Å². The minimum atomic E-state index is -0.797. The average molecular weight is 326 g/mol. The van der Waals surface area contributed by atoms with Crippen LogP contribution in [0.1, 0.15) is 6.92 Å². The van der Waals surface area contributed by atoms with Gasteiger partial charge in [-0.05, 0) is 24.3 Å². The molecule has 0 aromatic heterocycles. The average Bonchev–Trinajstić information content (AvgIpc) is 2.61. The van der Waals surface area contributed by atoms with E-state index in [1.54, 1.807) is 41.3 Å². The molecule has 1 aliphatic rings. The fourth-order valence-electron chi connectivity index (χ4n) is 2.63. The summed E-state index contributed by atoms with van der Waals surface area (Å²) in [5.74, 6) is 0.603. The van der Waals surface area contributed by atoms with Gasteiger partial charge >= 0.3 is 0 Å². The van der Waals surface area contributed by atoms with Crippen molar-refractivity contribution in [3.8, 4) is 11.5 Å². The second kappa shape index (κ2) is 6.62. The smallest absolute Gasteiger partial charge is 0.267 e. The number of carbonyl (C=O) groups is 2. The maximum absolute atomic E-state index is 12.6. The van der Waals surface area contributed by atoms with E-state index in [2.05, 4.69) is 5.32 Å². The Morgan fingerprint density at radius 3 is 2.62 bits per heavy atom. The summed E-state index contributed by atoms with van der Waals surface area (Å²) in [6.07, 6.45) is -0.797. The van der Waals surface area contributed by atoms with Crippen LogP contribution in [0, 0.1) is 0 Å². The fourth-order valence-corrected chi connectivity index (χ4v) is 2.63. The number of fused-ring (bicyclic) bond motifs is 1. The van der Waals surface area contributed by atoms with Gasteiger partial charge in [-0.15, -0.1) is 0 Å². The Morgan fingerprint density at radius 2 is 1.88 bits per heavy atom. The van der Waals surface area contributed by atoms with Crippen LogP contribution in [0.5, 0.6) is 11.5 Å². The first kappa shape index (κ1) is 15.9. The zero-order valence-corrected chi connectivity index (χ0v) is 13.5. The van der Waals surface area contributed by atoms with Crippen molar-refractivity contribution in [1.29, 1.82) is 0 Å². The van der Waals surface area contributed by atoms with Crippen molar-refractivity contribution in [3.63, 3.8) is 0 Å². The number of rotatable bonds is 3. The number of anilines is 2. The second-order valence-electron chi connectivity index (χ2n) is 5.39. The lowest BCUT2D eigenvalue weighted by molar-refractivity contribution is -0.123. The largest absolute Gasteiger partial charge is 0.495 e. The number of amides is 2. The Kier molecular flexibility index (Phi) is 4.37. The van der Waals surface area contributed by atoms with Crippen LogP contribution in [0.25, 0.3) is 0 Å². The number of para-hydroxylation sites is 4. The molecule has 24 heavy (non-hydrogen) atoms. The summed E-state index contributed by atoms with van der Waals surface area (Å²) in [5.41, 5.74) is 1.23. The number of benzene rings is 2. The van der Waals surface area contributed by atoms with Gasteiger partial charge in [-0.1, -0.05) is 24.3 Å². The van der Waals surface area contributed by atoms with Crippen molar-refractivity contribution < 1.29 is 19.1 Å². The number of methoxy groups -OCH3 is 1. The molecule has 1 heterocycles. The first-order valence-corrected chi connectivity index (χ1v) is 7.58. The minimum Gasteiger partial charge on any atom is -0.495 e. The lowest BCUT2D eigenvalue weighted by Gasteiger charge is -2.33. The normalized spacial score (nSPS) is 15.9. The molecule has 0 aliphatic carbocycles. The summed E-state index contributed by atoms with van der Waals surface area (Å²) in [7, 11) is 1.54. The molecule has 1 N–H and O–H groups in total. The van der Waals surface area contributed by atoms with Gasteiger partial charge in [0.1, 0.15) is 11.5 Å². The standard InChI is InChI=1S/C18H18N2O4/c1-12(21)20-11-17(24-16-10-6-4-8-14(16)20)18(22)19-13-7-3-5-9-15(13)23-2/h3-10,17H,11H2,1-2H3,(H,19,22). The van der Waals surface area contributed by atoms with Crippen LogP contribution in [0.2, 0.25) is 0 Å². The summed E-state index contributed by atoms with van der Waals surface area (Å²) < 4.78 is 11.0. The maximum Gasteiger partial charge on any atom is 0.267 e. The molecule has 3 rings (SSSR count). The molecule has 0 spiro atoms. The van der Waals surface area contributed by atoms with E-state index in [-0.39, 0.29) is 18.4 Å². The molecule has 0 saturated carbocycles. The molecule has 1 aliphatic heterocycles. The van der Waals surface area contributed by atoms with Crippen molar-refractivity contribution in [3.05, 3.63) is 48.5 Å². The van der Waals surface area contributed by atoms with Crippen LogP contribution in [-0.4, -0.2) is 31.6 Å². The second-order valence-corrected chi connectivity index (χ2v) is 5.39. The van der Waals surface area contributed by atoms with E-state index in [0.717, 1.165) is 0 Å². The molecule has 2 aromatic rings. The van der Waals surface area contributed by atoms with Gasteiger partial charge in [-0.3, -0.25) is 9.59 Å². The number of hydrogen-bond donors (Lipinski definition) is 1. The zero-order chi connectivity index (χ0) is 17.1. The van der Waals surface area contributed by atoms with Crippen LogP contribution in [-0.2, 0) is 9.59 Å². The Hall–Kier alpha value is -3.02. The van der Waals surface area contributed by atoms with Gasteiger partial charge in [-0.2, -0.15) is 0 Å². The van der Waals surface area contributed by atoms with Gasteiger partial charge in [0, 0.05) is 6.92 Å².